The van der Waals surface area contributed by atoms with Gasteiger partial charge in [-0.25, -0.2) is 0 Å². The van der Waals surface area contributed by atoms with E-state index < -0.39 is 0 Å². The standard InChI is InChI=1S/C13H13BrN2/c1-10-7-12(14)3-4-13(10)15-8-11-5-6-16(2)9-11/h3-9H,1-2H3. The summed E-state index contributed by atoms with van der Waals surface area (Å²) in [7, 11) is 2.00. The number of aryl methyl sites for hydroxylation is 2. The smallest absolute Gasteiger partial charge is 0.0659 e. The van der Waals surface area contributed by atoms with Gasteiger partial charge in [0.1, 0.15) is 0 Å². The number of aliphatic imine (C=N–C) groups is 1. The van der Waals surface area contributed by atoms with Gasteiger partial charge in [-0.1, -0.05) is 15.9 Å². The number of hydrogen-bond donors (Lipinski definition) is 0. The highest BCUT2D eigenvalue weighted by molar-refractivity contribution is 9.10. The number of nitrogens with zero attached hydrogens (tertiary/aromatic N) is 2. The Morgan fingerprint density at radius 1 is 1.31 bits per heavy atom. The summed E-state index contributed by atoms with van der Waals surface area (Å²) in [5.41, 5.74) is 3.29. The summed E-state index contributed by atoms with van der Waals surface area (Å²) in [6.07, 6.45) is 5.93. The van der Waals surface area contributed by atoms with Crippen molar-refractivity contribution in [1.29, 1.82) is 0 Å². The minimum absolute atomic E-state index is 1.01. The second-order valence-corrected chi connectivity index (χ2v) is 4.71. The summed E-state index contributed by atoms with van der Waals surface area (Å²) in [6, 6.07) is 8.12. The molecule has 0 aliphatic rings. The molecular formula is C13H13BrN2. The fraction of sp³-hybridized carbons (Fsp3) is 0.154. The Labute approximate surface area is 104 Å². The van der Waals surface area contributed by atoms with Crippen LogP contribution in [0.3, 0.4) is 0 Å². The van der Waals surface area contributed by atoms with Crippen LogP contribution in [0.25, 0.3) is 0 Å². The van der Waals surface area contributed by atoms with E-state index in [4.69, 9.17) is 0 Å². The summed E-state index contributed by atoms with van der Waals surface area (Å²) in [4.78, 5) is 4.47. The molecule has 3 heteroatoms. The first-order valence-corrected chi connectivity index (χ1v) is 5.86. The molecule has 0 saturated heterocycles. The van der Waals surface area contributed by atoms with Crippen LogP contribution in [0.2, 0.25) is 0 Å². The molecule has 0 amide bonds. The lowest BCUT2D eigenvalue weighted by Gasteiger charge is -1.99. The Hall–Kier alpha value is -1.35. The molecular weight excluding hydrogens is 264 g/mol. The van der Waals surface area contributed by atoms with E-state index >= 15 is 0 Å². The van der Waals surface area contributed by atoms with Crippen LogP contribution in [0.1, 0.15) is 11.1 Å². The average molecular weight is 277 g/mol. The first-order chi connectivity index (χ1) is 7.65. The Balaban J connectivity index is 2.23. The van der Waals surface area contributed by atoms with Crippen molar-refractivity contribution in [2.24, 2.45) is 12.0 Å². The molecule has 1 aromatic carbocycles. The van der Waals surface area contributed by atoms with Crippen LogP contribution >= 0.6 is 15.9 Å². The molecule has 0 fully saturated rings. The Bertz CT molecular complexity index is 526. The molecule has 0 spiro atoms. The quantitative estimate of drug-likeness (QED) is 0.742. The maximum Gasteiger partial charge on any atom is 0.0659 e. The molecule has 0 saturated carbocycles. The van der Waals surface area contributed by atoms with Crippen LogP contribution in [-0.2, 0) is 7.05 Å². The third-order valence-corrected chi connectivity index (χ3v) is 2.86. The minimum atomic E-state index is 1.01. The van der Waals surface area contributed by atoms with Crippen LogP contribution in [0, 0.1) is 6.92 Å². The molecule has 2 rings (SSSR count). The predicted molar refractivity (Wildman–Crippen MR) is 71.5 cm³/mol. The molecule has 1 heterocycles. The van der Waals surface area contributed by atoms with Crippen molar-refractivity contribution in [1.82, 2.24) is 4.57 Å². The van der Waals surface area contributed by atoms with Crippen molar-refractivity contribution in [2.45, 2.75) is 6.92 Å². The van der Waals surface area contributed by atoms with Gasteiger partial charge in [0.15, 0.2) is 0 Å². The normalized spacial score (nSPS) is 11.2. The number of hydrogen-bond acceptors (Lipinski definition) is 1. The molecule has 16 heavy (non-hydrogen) atoms. The Morgan fingerprint density at radius 2 is 2.12 bits per heavy atom. The van der Waals surface area contributed by atoms with Crippen molar-refractivity contribution < 1.29 is 0 Å². The topological polar surface area (TPSA) is 17.3 Å². The highest BCUT2D eigenvalue weighted by atomic mass is 79.9. The second kappa shape index (κ2) is 4.66. The van der Waals surface area contributed by atoms with Gasteiger partial charge in [-0.05, 0) is 36.8 Å². The van der Waals surface area contributed by atoms with E-state index in [1.54, 1.807) is 0 Å². The highest BCUT2D eigenvalue weighted by Crippen LogP contribution is 2.22. The molecule has 0 aliphatic carbocycles. The molecule has 0 unspecified atom stereocenters. The lowest BCUT2D eigenvalue weighted by molar-refractivity contribution is 0.927. The van der Waals surface area contributed by atoms with Crippen LogP contribution < -0.4 is 0 Å². The summed E-state index contributed by atoms with van der Waals surface area (Å²) in [5.74, 6) is 0. The number of benzene rings is 1. The van der Waals surface area contributed by atoms with Crippen LogP contribution in [0.5, 0.6) is 0 Å². The number of rotatable bonds is 2. The third-order valence-electron chi connectivity index (χ3n) is 2.37. The molecule has 2 aromatic rings. The monoisotopic (exact) mass is 276 g/mol. The van der Waals surface area contributed by atoms with Crippen molar-refractivity contribution in [3.8, 4) is 0 Å². The predicted octanol–water partition coefficient (Wildman–Crippen LogP) is 3.85. The zero-order chi connectivity index (χ0) is 11.5. The number of aromatic nitrogens is 1. The lowest BCUT2D eigenvalue weighted by Crippen LogP contribution is -1.81. The van der Waals surface area contributed by atoms with E-state index in [0.717, 1.165) is 15.7 Å². The molecule has 0 atom stereocenters. The van der Waals surface area contributed by atoms with E-state index in [1.807, 2.05) is 48.4 Å². The summed E-state index contributed by atoms with van der Waals surface area (Å²) >= 11 is 3.44. The molecule has 82 valence electrons. The van der Waals surface area contributed by atoms with Gasteiger partial charge in [-0.15, -0.1) is 0 Å². The summed E-state index contributed by atoms with van der Waals surface area (Å²) in [5, 5.41) is 0. The molecule has 0 aliphatic heterocycles. The lowest BCUT2D eigenvalue weighted by atomic mass is 10.2. The Kier molecular flexibility index (Phi) is 3.25. The van der Waals surface area contributed by atoms with Gasteiger partial charge >= 0.3 is 0 Å². The molecule has 0 bridgehead atoms. The van der Waals surface area contributed by atoms with E-state index in [2.05, 4.69) is 33.9 Å². The molecule has 0 N–H and O–H groups in total. The fourth-order valence-corrected chi connectivity index (χ4v) is 1.98. The zero-order valence-electron chi connectivity index (χ0n) is 9.31. The Morgan fingerprint density at radius 3 is 2.75 bits per heavy atom. The van der Waals surface area contributed by atoms with Crippen LogP contribution in [0.15, 0.2) is 46.1 Å². The minimum Gasteiger partial charge on any atom is -0.357 e. The van der Waals surface area contributed by atoms with Crippen LogP contribution in [0.4, 0.5) is 5.69 Å². The highest BCUT2D eigenvalue weighted by Gasteiger charge is 1.96. The van der Waals surface area contributed by atoms with Gasteiger partial charge in [0, 0.05) is 35.7 Å². The maximum absolute atomic E-state index is 4.47. The summed E-state index contributed by atoms with van der Waals surface area (Å²) < 4.78 is 3.10. The van der Waals surface area contributed by atoms with Crippen molar-refractivity contribution >= 4 is 27.8 Å². The van der Waals surface area contributed by atoms with E-state index in [1.165, 1.54) is 5.56 Å². The van der Waals surface area contributed by atoms with Gasteiger partial charge in [-0.3, -0.25) is 4.99 Å². The van der Waals surface area contributed by atoms with Crippen molar-refractivity contribution in [3.05, 3.63) is 52.3 Å². The maximum atomic E-state index is 4.47. The van der Waals surface area contributed by atoms with E-state index in [-0.39, 0.29) is 0 Å². The van der Waals surface area contributed by atoms with Gasteiger partial charge < -0.3 is 4.57 Å². The van der Waals surface area contributed by atoms with Crippen LogP contribution in [-0.4, -0.2) is 10.8 Å². The average Bonchev–Trinajstić information content (AvgIpc) is 2.63. The third kappa shape index (κ3) is 2.61. The van der Waals surface area contributed by atoms with E-state index in [0.29, 0.717) is 0 Å². The first-order valence-electron chi connectivity index (χ1n) is 5.07. The van der Waals surface area contributed by atoms with Gasteiger partial charge in [-0.2, -0.15) is 0 Å². The van der Waals surface area contributed by atoms with E-state index in [9.17, 15) is 0 Å². The number of halogens is 1. The fourth-order valence-electron chi connectivity index (χ4n) is 1.51. The first kappa shape index (κ1) is 11.1. The molecule has 0 radical (unpaired) electrons. The van der Waals surface area contributed by atoms with Gasteiger partial charge in [0.05, 0.1) is 5.69 Å². The molecule has 1 aromatic heterocycles. The summed E-state index contributed by atoms with van der Waals surface area (Å²) in [6.45, 7) is 2.06. The SMILES string of the molecule is Cc1cc(Br)ccc1N=Cc1ccn(C)c1. The largest absolute Gasteiger partial charge is 0.357 e. The second-order valence-electron chi connectivity index (χ2n) is 3.80. The van der Waals surface area contributed by atoms with Crippen molar-refractivity contribution in [2.75, 3.05) is 0 Å². The van der Waals surface area contributed by atoms with Crippen molar-refractivity contribution in [3.63, 3.8) is 0 Å². The van der Waals surface area contributed by atoms with Gasteiger partial charge in [0.25, 0.3) is 0 Å². The zero-order valence-corrected chi connectivity index (χ0v) is 10.9. The van der Waals surface area contributed by atoms with Gasteiger partial charge in [0.2, 0.25) is 0 Å². The molecule has 2 nitrogen and oxygen atoms in total.